The first-order valence-corrected chi connectivity index (χ1v) is 7.79. The van der Waals surface area contributed by atoms with Crippen LogP contribution < -0.4 is 0 Å². The molecule has 0 amide bonds. The lowest BCUT2D eigenvalue weighted by Crippen LogP contribution is -2.15. The van der Waals surface area contributed by atoms with E-state index in [1.807, 2.05) is 72.8 Å². The number of carbonyl (C=O) groups is 1. The van der Waals surface area contributed by atoms with Crippen LogP contribution in [0, 0.1) is 5.92 Å². The van der Waals surface area contributed by atoms with Crippen molar-refractivity contribution in [3.05, 3.63) is 83.9 Å². The van der Waals surface area contributed by atoms with Crippen molar-refractivity contribution in [3.63, 3.8) is 0 Å². The van der Waals surface area contributed by atoms with Gasteiger partial charge < -0.3 is 9.84 Å². The number of carboxylic acid groups (broad SMARTS) is 1. The van der Waals surface area contributed by atoms with Gasteiger partial charge in [0.1, 0.15) is 0 Å². The summed E-state index contributed by atoms with van der Waals surface area (Å²) in [5, 5.41) is 9.32. The molecule has 0 spiro atoms. The van der Waals surface area contributed by atoms with Crippen molar-refractivity contribution in [1.29, 1.82) is 0 Å². The highest BCUT2D eigenvalue weighted by Gasteiger charge is 2.16. The fourth-order valence-electron chi connectivity index (χ4n) is 2.32. The highest BCUT2D eigenvalue weighted by molar-refractivity contribution is 5.70. The third kappa shape index (κ3) is 6.49. The molecule has 1 N–H and O–H groups in total. The second kappa shape index (κ2) is 9.59. The molecule has 0 aliphatic rings. The van der Waals surface area contributed by atoms with Gasteiger partial charge in [0.2, 0.25) is 0 Å². The van der Waals surface area contributed by atoms with Crippen molar-refractivity contribution in [2.75, 3.05) is 6.61 Å². The molecular weight excluding hydrogens is 288 g/mol. The summed E-state index contributed by atoms with van der Waals surface area (Å²) in [5.74, 6) is -1.16. The fraction of sp³-hybridized carbons (Fsp3) is 0.250. The molecule has 1 atom stereocenters. The van der Waals surface area contributed by atoms with Crippen LogP contribution >= 0.6 is 0 Å². The molecule has 0 aliphatic carbocycles. The number of aliphatic carboxylic acids is 1. The average molecular weight is 310 g/mol. The van der Waals surface area contributed by atoms with Crippen molar-refractivity contribution in [3.8, 4) is 0 Å². The maximum atomic E-state index is 11.3. The van der Waals surface area contributed by atoms with E-state index in [4.69, 9.17) is 4.74 Å². The topological polar surface area (TPSA) is 46.5 Å². The van der Waals surface area contributed by atoms with E-state index in [0.717, 1.165) is 11.1 Å². The normalized spacial score (nSPS) is 12.3. The average Bonchev–Trinajstić information content (AvgIpc) is 2.58. The van der Waals surface area contributed by atoms with Gasteiger partial charge in [-0.3, -0.25) is 4.79 Å². The summed E-state index contributed by atoms with van der Waals surface area (Å²) in [6, 6.07) is 19.7. The first kappa shape index (κ1) is 17.0. The van der Waals surface area contributed by atoms with E-state index in [1.165, 1.54) is 0 Å². The third-order valence-corrected chi connectivity index (χ3v) is 3.59. The minimum absolute atomic E-state index is 0.400. The van der Waals surface area contributed by atoms with Crippen LogP contribution in [0.25, 0.3) is 0 Å². The van der Waals surface area contributed by atoms with E-state index < -0.39 is 11.9 Å². The van der Waals surface area contributed by atoms with Crippen LogP contribution in [0.4, 0.5) is 0 Å². The Labute approximate surface area is 137 Å². The van der Waals surface area contributed by atoms with Crippen molar-refractivity contribution in [2.24, 2.45) is 5.92 Å². The number of carboxylic acids is 1. The van der Waals surface area contributed by atoms with E-state index >= 15 is 0 Å². The van der Waals surface area contributed by atoms with Gasteiger partial charge in [-0.25, -0.2) is 0 Å². The molecule has 1 unspecified atom stereocenters. The number of rotatable bonds is 9. The third-order valence-electron chi connectivity index (χ3n) is 3.59. The summed E-state index contributed by atoms with van der Waals surface area (Å²) in [4.78, 5) is 11.3. The molecule has 2 rings (SSSR count). The second-order valence-corrected chi connectivity index (χ2v) is 5.43. The smallest absolute Gasteiger partial charge is 0.307 e. The van der Waals surface area contributed by atoms with Gasteiger partial charge in [-0.1, -0.05) is 72.8 Å². The zero-order chi connectivity index (χ0) is 16.3. The molecule has 0 bridgehead atoms. The molecular formula is C20H22O3. The monoisotopic (exact) mass is 310 g/mol. The minimum atomic E-state index is -0.760. The molecule has 0 saturated carbocycles. The molecule has 0 radical (unpaired) electrons. The van der Waals surface area contributed by atoms with E-state index in [1.54, 1.807) is 0 Å². The number of hydrogen-bond acceptors (Lipinski definition) is 2. The van der Waals surface area contributed by atoms with Crippen LogP contribution in [0.2, 0.25) is 0 Å². The Hall–Kier alpha value is -2.39. The van der Waals surface area contributed by atoms with Crippen LogP contribution in [0.5, 0.6) is 0 Å². The van der Waals surface area contributed by atoms with E-state index in [2.05, 4.69) is 0 Å². The standard InChI is InChI=1S/C20H22O3/c21-20(22)19(15-17-9-3-1-4-10-17)13-7-8-14-23-16-18-11-5-2-6-12-18/h1-12,19H,13-16H2,(H,21,22). The quantitative estimate of drug-likeness (QED) is 0.560. The number of allylic oxidation sites excluding steroid dienone is 1. The van der Waals surface area contributed by atoms with Gasteiger partial charge in [-0.15, -0.1) is 0 Å². The van der Waals surface area contributed by atoms with Crippen molar-refractivity contribution >= 4 is 5.97 Å². The molecule has 0 saturated heterocycles. The van der Waals surface area contributed by atoms with Crippen molar-refractivity contribution in [2.45, 2.75) is 19.4 Å². The number of hydrogen-bond donors (Lipinski definition) is 1. The Balaban J connectivity index is 1.72. The predicted octanol–water partition coefficient (Wildman–Crippen LogP) is 4.09. The van der Waals surface area contributed by atoms with E-state index in [-0.39, 0.29) is 0 Å². The Morgan fingerprint density at radius 1 is 0.957 bits per heavy atom. The Morgan fingerprint density at radius 2 is 1.57 bits per heavy atom. The Kier molecular flexibility index (Phi) is 7.08. The maximum Gasteiger partial charge on any atom is 0.307 e. The van der Waals surface area contributed by atoms with Crippen LogP contribution in [0.15, 0.2) is 72.8 Å². The van der Waals surface area contributed by atoms with Gasteiger partial charge >= 0.3 is 5.97 Å². The van der Waals surface area contributed by atoms with Crippen LogP contribution in [-0.4, -0.2) is 17.7 Å². The van der Waals surface area contributed by atoms with Crippen LogP contribution in [-0.2, 0) is 22.6 Å². The Morgan fingerprint density at radius 3 is 2.17 bits per heavy atom. The van der Waals surface area contributed by atoms with Gasteiger partial charge in [-0.05, 0) is 24.0 Å². The molecule has 3 heteroatoms. The molecule has 2 aromatic rings. The van der Waals surface area contributed by atoms with E-state index in [0.29, 0.717) is 26.1 Å². The first-order valence-electron chi connectivity index (χ1n) is 7.79. The lowest BCUT2D eigenvalue weighted by Gasteiger charge is -2.09. The number of ether oxygens (including phenoxy) is 1. The van der Waals surface area contributed by atoms with Gasteiger partial charge in [0, 0.05) is 0 Å². The molecule has 120 valence electrons. The van der Waals surface area contributed by atoms with Gasteiger partial charge in [0.25, 0.3) is 0 Å². The Bertz CT molecular complexity index is 605. The highest BCUT2D eigenvalue weighted by Crippen LogP contribution is 2.13. The molecule has 0 aliphatic heterocycles. The lowest BCUT2D eigenvalue weighted by atomic mass is 9.96. The summed E-state index contributed by atoms with van der Waals surface area (Å²) in [7, 11) is 0. The molecule has 23 heavy (non-hydrogen) atoms. The lowest BCUT2D eigenvalue weighted by molar-refractivity contribution is -0.141. The zero-order valence-corrected chi connectivity index (χ0v) is 13.1. The van der Waals surface area contributed by atoms with Gasteiger partial charge in [0.15, 0.2) is 0 Å². The largest absolute Gasteiger partial charge is 0.481 e. The summed E-state index contributed by atoms with van der Waals surface area (Å²) >= 11 is 0. The molecule has 3 nitrogen and oxygen atoms in total. The molecule has 0 fully saturated rings. The summed E-state index contributed by atoms with van der Waals surface area (Å²) < 4.78 is 5.55. The summed E-state index contributed by atoms with van der Waals surface area (Å²) in [6.45, 7) is 1.06. The van der Waals surface area contributed by atoms with Gasteiger partial charge in [0.05, 0.1) is 19.1 Å². The molecule has 0 heterocycles. The SMILES string of the molecule is O=C(O)C(CC=CCOCc1ccccc1)Cc1ccccc1. The summed E-state index contributed by atoms with van der Waals surface area (Å²) in [6.07, 6.45) is 4.85. The van der Waals surface area contributed by atoms with Gasteiger partial charge in [-0.2, -0.15) is 0 Å². The van der Waals surface area contributed by atoms with Crippen molar-refractivity contribution in [1.82, 2.24) is 0 Å². The second-order valence-electron chi connectivity index (χ2n) is 5.43. The summed E-state index contributed by atoms with van der Waals surface area (Å²) in [5.41, 5.74) is 2.18. The van der Waals surface area contributed by atoms with Crippen LogP contribution in [0.3, 0.4) is 0 Å². The zero-order valence-electron chi connectivity index (χ0n) is 13.1. The maximum absolute atomic E-state index is 11.3. The highest BCUT2D eigenvalue weighted by atomic mass is 16.5. The predicted molar refractivity (Wildman–Crippen MR) is 91.1 cm³/mol. The first-order chi connectivity index (χ1) is 11.3. The molecule has 0 aromatic heterocycles. The van der Waals surface area contributed by atoms with Crippen LogP contribution in [0.1, 0.15) is 17.5 Å². The fourth-order valence-corrected chi connectivity index (χ4v) is 2.32. The van der Waals surface area contributed by atoms with E-state index in [9.17, 15) is 9.90 Å². The van der Waals surface area contributed by atoms with Crippen molar-refractivity contribution < 1.29 is 14.6 Å². The molecule has 2 aromatic carbocycles. The minimum Gasteiger partial charge on any atom is -0.481 e. The number of benzene rings is 2.